The van der Waals surface area contributed by atoms with Crippen molar-refractivity contribution >= 4 is 0 Å². The largest absolute Gasteiger partial charge is 0.326 e. The molecule has 0 saturated heterocycles. The lowest BCUT2D eigenvalue weighted by atomic mass is 9.87. The van der Waals surface area contributed by atoms with Gasteiger partial charge in [0.15, 0.2) is 0 Å². The van der Waals surface area contributed by atoms with Gasteiger partial charge in [0.1, 0.15) is 5.82 Å². The normalized spacial score (nSPS) is 19.6. The Hall–Kier alpha value is -0.930. The van der Waals surface area contributed by atoms with E-state index in [2.05, 4.69) is 18.9 Å². The lowest BCUT2D eigenvalue weighted by Crippen LogP contribution is -2.46. The molecule has 1 aliphatic rings. The fourth-order valence-corrected chi connectivity index (χ4v) is 2.71. The number of benzene rings is 1. The highest BCUT2D eigenvalue weighted by atomic mass is 19.1. The molecule has 3 heteroatoms. The van der Waals surface area contributed by atoms with Gasteiger partial charge in [-0.25, -0.2) is 4.39 Å². The van der Waals surface area contributed by atoms with Crippen molar-refractivity contribution in [3.05, 3.63) is 35.6 Å². The first-order valence-electron chi connectivity index (χ1n) is 6.87. The van der Waals surface area contributed by atoms with Crippen molar-refractivity contribution < 1.29 is 4.39 Å². The van der Waals surface area contributed by atoms with E-state index in [1.165, 1.54) is 25.3 Å². The van der Waals surface area contributed by atoms with E-state index in [0.717, 1.165) is 12.0 Å². The first-order chi connectivity index (χ1) is 8.65. The lowest BCUT2D eigenvalue weighted by molar-refractivity contribution is 0.0918. The van der Waals surface area contributed by atoms with Gasteiger partial charge in [0.2, 0.25) is 0 Å². The predicted molar refractivity (Wildman–Crippen MR) is 72.8 cm³/mol. The van der Waals surface area contributed by atoms with Crippen molar-refractivity contribution in [1.29, 1.82) is 0 Å². The minimum atomic E-state index is -0.141. The van der Waals surface area contributed by atoms with Crippen LogP contribution in [-0.2, 0) is 0 Å². The summed E-state index contributed by atoms with van der Waals surface area (Å²) in [7, 11) is 2.08. The molecule has 0 amide bonds. The van der Waals surface area contributed by atoms with Crippen LogP contribution in [0, 0.1) is 5.82 Å². The molecule has 1 aromatic carbocycles. The topological polar surface area (TPSA) is 29.3 Å². The molecule has 0 radical (unpaired) electrons. The van der Waals surface area contributed by atoms with Crippen molar-refractivity contribution in [3.8, 4) is 0 Å². The molecule has 1 fully saturated rings. The van der Waals surface area contributed by atoms with Crippen molar-refractivity contribution in [3.63, 3.8) is 0 Å². The second kappa shape index (κ2) is 5.81. The standard InChI is InChI=1S/C15H23FN2/c1-3-14(17)15(18(2)11-7-6-8-11)12-9-4-5-10-13(12)16/h4-5,9-11,14-15H,3,6-8,17H2,1-2H3. The number of halogens is 1. The Balaban J connectivity index is 2.27. The van der Waals surface area contributed by atoms with Crippen molar-refractivity contribution in [1.82, 2.24) is 4.90 Å². The molecular formula is C15H23FN2. The summed E-state index contributed by atoms with van der Waals surface area (Å²) in [6.45, 7) is 2.06. The summed E-state index contributed by atoms with van der Waals surface area (Å²) in [4.78, 5) is 2.27. The number of hydrogen-bond donors (Lipinski definition) is 1. The molecule has 1 aliphatic carbocycles. The maximum atomic E-state index is 14.0. The van der Waals surface area contributed by atoms with Crippen LogP contribution in [0.25, 0.3) is 0 Å². The fraction of sp³-hybridized carbons (Fsp3) is 0.600. The number of nitrogens with two attached hydrogens (primary N) is 1. The van der Waals surface area contributed by atoms with Crippen LogP contribution >= 0.6 is 0 Å². The Labute approximate surface area is 109 Å². The third-order valence-electron chi connectivity index (χ3n) is 4.19. The molecule has 1 aromatic rings. The molecule has 2 N–H and O–H groups in total. The fourth-order valence-electron chi connectivity index (χ4n) is 2.71. The van der Waals surface area contributed by atoms with Gasteiger partial charge in [-0.1, -0.05) is 31.5 Å². The van der Waals surface area contributed by atoms with Gasteiger partial charge in [0.25, 0.3) is 0 Å². The number of hydrogen-bond acceptors (Lipinski definition) is 2. The summed E-state index contributed by atoms with van der Waals surface area (Å²) < 4.78 is 14.0. The third kappa shape index (κ3) is 2.57. The van der Waals surface area contributed by atoms with Crippen LogP contribution in [-0.4, -0.2) is 24.0 Å². The van der Waals surface area contributed by atoms with Crippen LogP contribution in [0.3, 0.4) is 0 Å². The molecule has 0 aliphatic heterocycles. The summed E-state index contributed by atoms with van der Waals surface area (Å²) in [5.74, 6) is -0.141. The minimum Gasteiger partial charge on any atom is -0.326 e. The zero-order valence-electron chi connectivity index (χ0n) is 11.3. The first-order valence-corrected chi connectivity index (χ1v) is 6.87. The SMILES string of the molecule is CCC(N)C(c1ccccc1F)N(C)C1CCC1. The number of rotatable bonds is 5. The molecule has 18 heavy (non-hydrogen) atoms. The molecule has 2 nitrogen and oxygen atoms in total. The average molecular weight is 250 g/mol. The van der Waals surface area contributed by atoms with Crippen LogP contribution in [0.4, 0.5) is 4.39 Å². The molecule has 1 saturated carbocycles. The van der Waals surface area contributed by atoms with E-state index in [1.54, 1.807) is 6.07 Å². The van der Waals surface area contributed by atoms with Gasteiger partial charge in [-0.15, -0.1) is 0 Å². The van der Waals surface area contributed by atoms with Crippen LogP contribution in [0.2, 0.25) is 0 Å². The van der Waals surface area contributed by atoms with Crippen molar-refractivity contribution in [2.24, 2.45) is 5.73 Å². The van der Waals surface area contributed by atoms with Crippen LogP contribution < -0.4 is 5.73 Å². The summed E-state index contributed by atoms with van der Waals surface area (Å²) in [5.41, 5.74) is 6.96. The maximum Gasteiger partial charge on any atom is 0.128 e. The van der Waals surface area contributed by atoms with Crippen molar-refractivity contribution in [2.75, 3.05) is 7.05 Å². The molecular weight excluding hydrogens is 227 g/mol. The summed E-state index contributed by atoms with van der Waals surface area (Å²) in [6.07, 6.45) is 4.55. The molecule has 2 atom stereocenters. The molecule has 0 spiro atoms. The van der Waals surface area contributed by atoms with Gasteiger partial charge < -0.3 is 5.73 Å². The quantitative estimate of drug-likeness (QED) is 0.870. The highest BCUT2D eigenvalue weighted by Gasteiger charge is 2.32. The molecule has 2 unspecified atom stereocenters. The van der Waals surface area contributed by atoms with E-state index < -0.39 is 0 Å². The predicted octanol–water partition coefficient (Wildman–Crippen LogP) is 3.09. The highest BCUT2D eigenvalue weighted by Crippen LogP contribution is 2.33. The Morgan fingerprint density at radius 3 is 2.56 bits per heavy atom. The molecule has 0 bridgehead atoms. The number of likely N-dealkylation sites (N-methyl/N-ethyl adjacent to an activating group) is 1. The van der Waals surface area contributed by atoms with Gasteiger partial charge in [-0.05, 0) is 32.4 Å². The van der Waals surface area contributed by atoms with Gasteiger partial charge in [-0.3, -0.25) is 4.90 Å². The lowest BCUT2D eigenvalue weighted by Gasteiger charge is -2.42. The highest BCUT2D eigenvalue weighted by molar-refractivity contribution is 5.23. The van der Waals surface area contributed by atoms with E-state index in [1.807, 2.05) is 12.1 Å². The Bertz CT molecular complexity index is 390. The second-order valence-electron chi connectivity index (χ2n) is 5.29. The molecule has 100 valence electrons. The zero-order valence-corrected chi connectivity index (χ0v) is 11.3. The summed E-state index contributed by atoms with van der Waals surface area (Å²) in [5, 5.41) is 0. The zero-order chi connectivity index (χ0) is 13.1. The van der Waals surface area contributed by atoms with Gasteiger partial charge >= 0.3 is 0 Å². The van der Waals surface area contributed by atoms with E-state index in [0.29, 0.717) is 6.04 Å². The van der Waals surface area contributed by atoms with E-state index >= 15 is 0 Å². The second-order valence-corrected chi connectivity index (χ2v) is 5.29. The van der Waals surface area contributed by atoms with E-state index in [-0.39, 0.29) is 17.9 Å². The Morgan fingerprint density at radius 2 is 2.06 bits per heavy atom. The van der Waals surface area contributed by atoms with E-state index in [4.69, 9.17) is 5.73 Å². The summed E-state index contributed by atoms with van der Waals surface area (Å²) >= 11 is 0. The van der Waals surface area contributed by atoms with Gasteiger partial charge in [0.05, 0.1) is 6.04 Å². The third-order valence-corrected chi connectivity index (χ3v) is 4.19. The summed E-state index contributed by atoms with van der Waals surface area (Å²) in [6, 6.07) is 7.55. The smallest absolute Gasteiger partial charge is 0.128 e. The molecule has 2 rings (SSSR count). The van der Waals surface area contributed by atoms with Crippen LogP contribution in [0.5, 0.6) is 0 Å². The Kier molecular flexibility index (Phi) is 4.36. The average Bonchev–Trinajstić information content (AvgIpc) is 2.29. The Morgan fingerprint density at radius 1 is 1.39 bits per heavy atom. The number of nitrogens with zero attached hydrogens (tertiary/aromatic N) is 1. The van der Waals surface area contributed by atoms with Gasteiger partial charge in [0, 0.05) is 17.6 Å². The molecule has 0 heterocycles. The van der Waals surface area contributed by atoms with Crippen LogP contribution in [0.1, 0.15) is 44.2 Å². The van der Waals surface area contributed by atoms with E-state index in [9.17, 15) is 4.39 Å². The first kappa shape index (κ1) is 13.5. The molecule has 0 aromatic heterocycles. The maximum absolute atomic E-state index is 14.0. The monoisotopic (exact) mass is 250 g/mol. The van der Waals surface area contributed by atoms with Crippen molar-refractivity contribution in [2.45, 2.75) is 50.7 Å². The van der Waals surface area contributed by atoms with Crippen LogP contribution in [0.15, 0.2) is 24.3 Å². The minimum absolute atomic E-state index is 0.0125. The van der Waals surface area contributed by atoms with Gasteiger partial charge in [-0.2, -0.15) is 0 Å².